The van der Waals surface area contributed by atoms with Crippen LogP contribution in [0.1, 0.15) is 30.4 Å². The highest BCUT2D eigenvalue weighted by Crippen LogP contribution is 2.14. The van der Waals surface area contributed by atoms with Crippen LogP contribution in [0.3, 0.4) is 0 Å². The van der Waals surface area contributed by atoms with Crippen LogP contribution in [-0.4, -0.2) is 75.9 Å². The number of thiol groups is 1. The predicted octanol–water partition coefficient (Wildman–Crippen LogP) is -0.611. The molecule has 0 saturated heterocycles. The quantitative estimate of drug-likeness (QED) is 0.0557. The molecule has 0 unspecified atom stereocenters. The Kier molecular flexibility index (Phi) is 13.8. The van der Waals surface area contributed by atoms with Crippen molar-refractivity contribution < 1.29 is 49.1 Å². The number of amides is 3. The van der Waals surface area contributed by atoms with E-state index in [0.717, 1.165) is 5.56 Å². The average Bonchev–Trinajstić information content (AvgIpc) is 2.83. The second-order valence-electron chi connectivity index (χ2n) is 7.78. The third-order valence-electron chi connectivity index (χ3n) is 5.04. The van der Waals surface area contributed by atoms with Crippen molar-refractivity contribution in [3.05, 3.63) is 35.4 Å². The Morgan fingerprint density at radius 1 is 0.972 bits per heavy atom. The van der Waals surface area contributed by atoms with Crippen LogP contribution >= 0.6 is 12.6 Å². The Bertz CT molecular complexity index is 925. The molecule has 0 aliphatic heterocycles. The van der Waals surface area contributed by atoms with E-state index in [1.54, 1.807) is 24.3 Å². The van der Waals surface area contributed by atoms with Crippen molar-refractivity contribution in [2.24, 2.45) is 5.92 Å². The van der Waals surface area contributed by atoms with Crippen LogP contribution in [0.5, 0.6) is 0 Å². The zero-order valence-corrected chi connectivity index (χ0v) is 20.1. The minimum absolute atomic E-state index is 0.105. The van der Waals surface area contributed by atoms with Crippen molar-refractivity contribution in [1.82, 2.24) is 16.0 Å². The van der Waals surface area contributed by atoms with Gasteiger partial charge < -0.3 is 26.2 Å². The molecule has 36 heavy (non-hydrogen) atoms. The van der Waals surface area contributed by atoms with Crippen molar-refractivity contribution in [2.75, 3.05) is 12.4 Å². The van der Waals surface area contributed by atoms with Gasteiger partial charge in [-0.3, -0.25) is 29.2 Å². The van der Waals surface area contributed by atoms with Gasteiger partial charge in [-0.2, -0.15) is 12.6 Å². The number of benzene rings is 1. The van der Waals surface area contributed by atoms with Crippen molar-refractivity contribution in [1.29, 1.82) is 0 Å². The molecule has 3 amide bonds. The average molecular weight is 528 g/mol. The van der Waals surface area contributed by atoms with Gasteiger partial charge in [0.25, 0.3) is 0 Å². The summed E-state index contributed by atoms with van der Waals surface area (Å²) >= 11 is 3.83. The Balaban J connectivity index is 2.88. The molecule has 1 aromatic carbocycles. The number of carboxylic acids is 2. The van der Waals surface area contributed by atoms with Crippen molar-refractivity contribution in [2.45, 2.75) is 44.3 Å². The maximum Gasteiger partial charge on any atom is 0.327 e. The monoisotopic (exact) mass is 527 g/mol. The molecule has 0 aliphatic carbocycles. The first-order chi connectivity index (χ1) is 17.1. The molecule has 3 atom stereocenters. The highest BCUT2D eigenvalue weighted by molar-refractivity contribution is 7.80. The SMILES string of the molecule is O=CNCc1ccc(CC(=O)N[C@H](CCOO)C(=O)C[C@H](CC(=O)O)C(=O)N[C@H](CS)C(=O)O)cc1. The van der Waals surface area contributed by atoms with Gasteiger partial charge in [0, 0.05) is 25.1 Å². The molecule has 0 heterocycles. The smallest absolute Gasteiger partial charge is 0.327 e. The molecule has 0 bridgehead atoms. The maximum absolute atomic E-state index is 12.9. The summed E-state index contributed by atoms with van der Waals surface area (Å²) in [6.45, 7) is -0.00828. The Hall–Kier alpha value is -3.49. The van der Waals surface area contributed by atoms with Gasteiger partial charge in [0.1, 0.15) is 6.04 Å². The van der Waals surface area contributed by atoms with Gasteiger partial charge in [0.15, 0.2) is 5.78 Å². The lowest BCUT2D eigenvalue weighted by Gasteiger charge is -2.21. The first kappa shape index (κ1) is 30.5. The molecule has 1 rings (SSSR count). The molecular weight excluding hydrogens is 498 g/mol. The van der Waals surface area contributed by atoms with Crippen LogP contribution in [-0.2, 0) is 46.6 Å². The van der Waals surface area contributed by atoms with Crippen LogP contribution in [0.2, 0.25) is 0 Å². The molecule has 198 valence electrons. The van der Waals surface area contributed by atoms with E-state index in [-0.39, 0.29) is 25.2 Å². The fourth-order valence-corrected chi connectivity index (χ4v) is 3.43. The summed E-state index contributed by atoms with van der Waals surface area (Å²) in [5.74, 6) is -6.63. The van der Waals surface area contributed by atoms with Crippen LogP contribution in [0.4, 0.5) is 0 Å². The third kappa shape index (κ3) is 11.3. The maximum atomic E-state index is 12.9. The Morgan fingerprint density at radius 2 is 1.61 bits per heavy atom. The lowest BCUT2D eigenvalue weighted by Crippen LogP contribution is -2.47. The number of carbonyl (C=O) groups is 6. The van der Waals surface area contributed by atoms with E-state index in [9.17, 15) is 28.8 Å². The summed E-state index contributed by atoms with van der Waals surface area (Å²) in [4.78, 5) is 74.6. The molecule has 1 aromatic rings. The largest absolute Gasteiger partial charge is 0.481 e. The summed E-state index contributed by atoms with van der Waals surface area (Å²) in [6.07, 6.45) is -1.06. The molecule has 13 nitrogen and oxygen atoms in total. The van der Waals surface area contributed by atoms with Crippen LogP contribution < -0.4 is 16.0 Å². The van der Waals surface area contributed by atoms with Gasteiger partial charge in [-0.25, -0.2) is 9.68 Å². The molecule has 0 saturated carbocycles. The zero-order chi connectivity index (χ0) is 27.1. The second kappa shape index (κ2) is 16.2. The third-order valence-corrected chi connectivity index (χ3v) is 5.40. The number of hydrogen-bond acceptors (Lipinski definition) is 9. The zero-order valence-electron chi connectivity index (χ0n) is 19.2. The van der Waals surface area contributed by atoms with Crippen LogP contribution in [0.15, 0.2) is 24.3 Å². The van der Waals surface area contributed by atoms with Gasteiger partial charge in [0.2, 0.25) is 18.2 Å². The first-order valence-corrected chi connectivity index (χ1v) is 11.4. The minimum Gasteiger partial charge on any atom is -0.481 e. The van der Waals surface area contributed by atoms with Crippen LogP contribution in [0, 0.1) is 5.92 Å². The van der Waals surface area contributed by atoms with E-state index in [2.05, 4.69) is 33.5 Å². The molecule has 14 heteroatoms. The number of rotatable bonds is 18. The molecule has 0 spiro atoms. The van der Waals surface area contributed by atoms with E-state index >= 15 is 0 Å². The normalized spacial score (nSPS) is 13.1. The van der Waals surface area contributed by atoms with Crippen molar-refractivity contribution in [3.8, 4) is 0 Å². The summed E-state index contributed by atoms with van der Waals surface area (Å²) in [7, 11) is 0. The summed E-state index contributed by atoms with van der Waals surface area (Å²) < 4.78 is 0. The molecule has 0 fully saturated rings. The van der Waals surface area contributed by atoms with E-state index in [1.165, 1.54) is 0 Å². The van der Waals surface area contributed by atoms with Gasteiger partial charge in [-0.1, -0.05) is 24.3 Å². The standard InChI is InChI=1S/C22H29N3O10S/c26-12-23-10-14-3-1-13(2-4-14)7-19(28)24-16(5-6-35-34)18(27)8-15(9-20(29)30)21(31)25-17(11-36)22(32)33/h1-4,12,15-17,34,36H,5-11H2,(H,23,26)(H,24,28)(H,25,31)(H,29,30)(H,32,33)/t15-,16-,17-/m1/s1. The minimum atomic E-state index is -1.40. The number of nitrogens with one attached hydrogen (secondary N) is 3. The van der Waals surface area contributed by atoms with Crippen LogP contribution in [0.25, 0.3) is 0 Å². The van der Waals surface area contributed by atoms with Gasteiger partial charge in [0.05, 0.1) is 31.4 Å². The molecule has 0 radical (unpaired) electrons. The predicted molar refractivity (Wildman–Crippen MR) is 127 cm³/mol. The number of ketones is 1. The van der Waals surface area contributed by atoms with E-state index in [4.69, 9.17) is 15.5 Å². The Morgan fingerprint density at radius 3 is 2.14 bits per heavy atom. The van der Waals surface area contributed by atoms with Crippen molar-refractivity contribution >= 4 is 48.6 Å². The fourth-order valence-electron chi connectivity index (χ4n) is 3.18. The lowest BCUT2D eigenvalue weighted by atomic mass is 9.93. The number of Topliss-reactive ketones (excluding diaryl/α,β-unsaturated/α-hetero) is 1. The highest BCUT2D eigenvalue weighted by atomic mass is 32.1. The van der Waals surface area contributed by atoms with Crippen molar-refractivity contribution in [3.63, 3.8) is 0 Å². The number of carbonyl (C=O) groups excluding carboxylic acids is 4. The Labute approximate surface area is 211 Å². The van der Waals surface area contributed by atoms with Gasteiger partial charge >= 0.3 is 11.9 Å². The second-order valence-corrected chi connectivity index (χ2v) is 8.15. The van der Waals surface area contributed by atoms with E-state index < -0.39 is 60.4 Å². The molecular formula is C22H29N3O10S. The summed E-state index contributed by atoms with van der Waals surface area (Å²) in [6, 6.07) is 4.18. The first-order valence-electron chi connectivity index (χ1n) is 10.8. The molecule has 6 N–H and O–H groups in total. The summed E-state index contributed by atoms with van der Waals surface area (Å²) in [5, 5.41) is 34.0. The lowest BCUT2D eigenvalue weighted by molar-refractivity contribution is -0.243. The van der Waals surface area contributed by atoms with E-state index in [0.29, 0.717) is 18.5 Å². The fraction of sp³-hybridized carbons (Fsp3) is 0.455. The number of carboxylic acid groups (broad SMARTS) is 2. The molecule has 0 aromatic heterocycles. The summed E-state index contributed by atoms with van der Waals surface area (Å²) in [5.41, 5.74) is 1.42. The topological polar surface area (TPSA) is 208 Å². The molecule has 0 aliphatic rings. The van der Waals surface area contributed by atoms with Gasteiger partial charge in [-0.15, -0.1) is 0 Å². The number of aliphatic carboxylic acids is 2. The van der Waals surface area contributed by atoms with E-state index in [1.807, 2.05) is 0 Å². The highest BCUT2D eigenvalue weighted by Gasteiger charge is 2.31. The number of hydrogen-bond donors (Lipinski definition) is 7. The van der Waals surface area contributed by atoms with Gasteiger partial charge in [-0.05, 0) is 11.1 Å².